The second-order valence-electron chi connectivity index (χ2n) is 5.03. The number of carbonyl (C=O) groups is 1. The summed E-state index contributed by atoms with van der Waals surface area (Å²) in [5.74, 6) is -0.0844. The topological polar surface area (TPSA) is 46.4 Å². The highest BCUT2D eigenvalue weighted by molar-refractivity contribution is 14.1. The van der Waals surface area contributed by atoms with Gasteiger partial charge in [0.15, 0.2) is 0 Å². The lowest BCUT2D eigenvalue weighted by atomic mass is 10.2. The van der Waals surface area contributed by atoms with Crippen molar-refractivity contribution in [2.75, 3.05) is 5.32 Å². The van der Waals surface area contributed by atoms with Crippen LogP contribution in [0.3, 0.4) is 0 Å². The number of nitrogens with one attached hydrogen (secondary N) is 1. The molecule has 3 rings (SSSR count). The fourth-order valence-electron chi connectivity index (χ4n) is 2.23. The molecule has 0 spiro atoms. The van der Waals surface area contributed by atoms with Gasteiger partial charge >= 0.3 is 0 Å². The van der Waals surface area contributed by atoms with Crippen molar-refractivity contribution in [3.8, 4) is 0 Å². The Kier molecular flexibility index (Phi) is 4.35. The van der Waals surface area contributed by atoms with Crippen LogP contribution < -0.4 is 5.32 Å². The molecule has 0 fully saturated rings. The number of benzene rings is 1. The summed E-state index contributed by atoms with van der Waals surface area (Å²) in [5, 5.41) is 3.56. The number of aromatic nitrogens is 2. The Morgan fingerprint density at radius 2 is 2.14 bits per heavy atom. The van der Waals surface area contributed by atoms with Crippen LogP contribution in [-0.2, 0) is 11.2 Å². The lowest BCUT2D eigenvalue weighted by molar-refractivity contribution is -0.115. The Labute approximate surface area is 146 Å². The number of imidazole rings is 1. The molecule has 1 amide bonds. The van der Waals surface area contributed by atoms with Crippen molar-refractivity contribution < 1.29 is 4.79 Å². The van der Waals surface area contributed by atoms with E-state index in [1.807, 2.05) is 41.8 Å². The SMILES string of the molecule is Cc1cc(I)ccc1NC(=O)Cc1cn2cc(Cl)ccc2n1. The average Bonchev–Trinajstić information content (AvgIpc) is 2.83. The lowest BCUT2D eigenvalue weighted by Gasteiger charge is -2.07. The predicted molar refractivity (Wildman–Crippen MR) is 96.4 cm³/mol. The molecule has 22 heavy (non-hydrogen) atoms. The fraction of sp³-hybridized carbons (Fsp3) is 0.125. The molecule has 2 aromatic heterocycles. The second-order valence-corrected chi connectivity index (χ2v) is 6.71. The molecule has 0 unspecified atom stereocenters. The van der Waals surface area contributed by atoms with Crippen LogP contribution in [0, 0.1) is 10.5 Å². The highest BCUT2D eigenvalue weighted by atomic mass is 127. The number of aryl methyl sites for hydroxylation is 1. The minimum Gasteiger partial charge on any atom is -0.326 e. The van der Waals surface area contributed by atoms with Gasteiger partial charge in [0.05, 0.1) is 17.1 Å². The van der Waals surface area contributed by atoms with Crippen LogP contribution in [0.5, 0.6) is 0 Å². The van der Waals surface area contributed by atoms with Gasteiger partial charge in [-0.15, -0.1) is 0 Å². The number of carbonyl (C=O) groups excluding carboxylic acids is 1. The molecule has 0 aliphatic heterocycles. The van der Waals surface area contributed by atoms with Gasteiger partial charge in [0.25, 0.3) is 0 Å². The zero-order valence-electron chi connectivity index (χ0n) is 11.8. The molecule has 0 saturated carbocycles. The van der Waals surface area contributed by atoms with E-state index >= 15 is 0 Å². The number of hydrogen-bond donors (Lipinski definition) is 1. The Morgan fingerprint density at radius 1 is 1.32 bits per heavy atom. The van der Waals surface area contributed by atoms with E-state index in [2.05, 4.69) is 32.9 Å². The number of halogens is 2. The highest BCUT2D eigenvalue weighted by Crippen LogP contribution is 2.18. The summed E-state index contributed by atoms with van der Waals surface area (Å²) < 4.78 is 2.96. The first-order valence-electron chi connectivity index (χ1n) is 6.70. The van der Waals surface area contributed by atoms with E-state index in [1.165, 1.54) is 0 Å². The average molecular weight is 426 g/mol. The zero-order chi connectivity index (χ0) is 15.7. The van der Waals surface area contributed by atoms with Crippen molar-refractivity contribution in [3.05, 3.63) is 62.6 Å². The summed E-state index contributed by atoms with van der Waals surface area (Å²) in [6.07, 6.45) is 3.82. The molecule has 6 heteroatoms. The quantitative estimate of drug-likeness (QED) is 0.643. The van der Waals surface area contributed by atoms with Crippen molar-refractivity contribution in [2.24, 2.45) is 0 Å². The molecule has 1 aromatic carbocycles. The largest absolute Gasteiger partial charge is 0.326 e. The molecule has 4 nitrogen and oxygen atoms in total. The minimum atomic E-state index is -0.0844. The van der Waals surface area contributed by atoms with E-state index < -0.39 is 0 Å². The molecule has 0 atom stereocenters. The van der Waals surface area contributed by atoms with E-state index in [1.54, 1.807) is 12.3 Å². The molecule has 0 radical (unpaired) electrons. The normalized spacial score (nSPS) is 10.9. The molecule has 3 aromatic rings. The van der Waals surface area contributed by atoms with Gasteiger partial charge in [-0.3, -0.25) is 4.79 Å². The molecule has 112 valence electrons. The lowest BCUT2D eigenvalue weighted by Crippen LogP contribution is -2.15. The van der Waals surface area contributed by atoms with Crippen molar-refractivity contribution in [1.29, 1.82) is 0 Å². The highest BCUT2D eigenvalue weighted by Gasteiger charge is 2.09. The maximum Gasteiger partial charge on any atom is 0.230 e. The molecule has 0 bridgehead atoms. The molecular formula is C16H13ClIN3O. The van der Waals surface area contributed by atoms with Crippen LogP contribution in [0.1, 0.15) is 11.3 Å². The molecule has 1 N–H and O–H groups in total. The Balaban J connectivity index is 1.75. The van der Waals surface area contributed by atoms with Gasteiger partial charge in [0.2, 0.25) is 5.91 Å². The Morgan fingerprint density at radius 3 is 2.91 bits per heavy atom. The molecule has 0 aliphatic rings. The fourth-order valence-corrected chi connectivity index (χ4v) is 3.04. The van der Waals surface area contributed by atoms with Gasteiger partial charge in [-0.1, -0.05) is 11.6 Å². The third-order valence-electron chi connectivity index (χ3n) is 3.27. The van der Waals surface area contributed by atoms with Crippen LogP contribution in [-0.4, -0.2) is 15.3 Å². The summed E-state index contributed by atoms with van der Waals surface area (Å²) in [5.41, 5.74) is 3.36. The first-order chi connectivity index (χ1) is 10.5. The van der Waals surface area contributed by atoms with Crippen LogP contribution >= 0.6 is 34.2 Å². The Hall–Kier alpha value is -1.60. The van der Waals surface area contributed by atoms with Crippen LogP contribution in [0.2, 0.25) is 5.02 Å². The minimum absolute atomic E-state index is 0.0844. The van der Waals surface area contributed by atoms with Crippen molar-refractivity contribution in [2.45, 2.75) is 13.3 Å². The number of pyridine rings is 1. The van der Waals surface area contributed by atoms with E-state index in [0.29, 0.717) is 10.7 Å². The maximum absolute atomic E-state index is 12.2. The van der Waals surface area contributed by atoms with Gasteiger partial charge in [0, 0.05) is 21.7 Å². The second kappa shape index (κ2) is 6.26. The number of rotatable bonds is 3. The molecule has 0 aliphatic carbocycles. The van der Waals surface area contributed by atoms with Crippen molar-refractivity contribution >= 4 is 51.4 Å². The van der Waals surface area contributed by atoms with Gasteiger partial charge in [-0.05, 0) is 65.4 Å². The van der Waals surface area contributed by atoms with E-state index in [4.69, 9.17) is 11.6 Å². The predicted octanol–water partition coefficient (Wildman–Crippen LogP) is 4.08. The first kappa shape index (κ1) is 15.3. The maximum atomic E-state index is 12.2. The van der Waals surface area contributed by atoms with Crippen molar-refractivity contribution in [3.63, 3.8) is 0 Å². The third-order valence-corrected chi connectivity index (χ3v) is 4.16. The summed E-state index contributed by atoms with van der Waals surface area (Å²) in [6, 6.07) is 9.52. The van der Waals surface area contributed by atoms with Gasteiger partial charge in [-0.2, -0.15) is 0 Å². The van der Waals surface area contributed by atoms with E-state index in [0.717, 1.165) is 20.5 Å². The van der Waals surface area contributed by atoms with Gasteiger partial charge in [0.1, 0.15) is 5.65 Å². The van der Waals surface area contributed by atoms with Gasteiger partial charge < -0.3 is 9.72 Å². The summed E-state index contributed by atoms with van der Waals surface area (Å²) in [4.78, 5) is 16.6. The zero-order valence-corrected chi connectivity index (χ0v) is 14.7. The van der Waals surface area contributed by atoms with E-state index in [-0.39, 0.29) is 12.3 Å². The van der Waals surface area contributed by atoms with E-state index in [9.17, 15) is 4.79 Å². The third kappa shape index (κ3) is 3.41. The smallest absolute Gasteiger partial charge is 0.230 e. The van der Waals surface area contributed by atoms with Crippen molar-refractivity contribution in [1.82, 2.24) is 9.38 Å². The standard InChI is InChI=1S/C16H13ClIN3O/c1-10-6-12(18)3-4-14(10)20-16(22)7-13-9-21-8-11(17)2-5-15(21)19-13/h2-6,8-9H,7H2,1H3,(H,20,22). The molecule has 0 saturated heterocycles. The number of hydrogen-bond acceptors (Lipinski definition) is 2. The van der Waals surface area contributed by atoms with Gasteiger partial charge in [-0.25, -0.2) is 4.98 Å². The number of nitrogens with zero attached hydrogens (tertiary/aromatic N) is 2. The molecule has 2 heterocycles. The number of anilines is 1. The number of fused-ring (bicyclic) bond motifs is 1. The summed E-state index contributed by atoms with van der Waals surface area (Å²) in [7, 11) is 0. The first-order valence-corrected chi connectivity index (χ1v) is 8.16. The summed E-state index contributed by atoms with van der Waals surface area (Å²) >= 11 is 8.19. The monoisotopic (exact) mass is 425 g/mol. The number of amides is 1. The summed E-state index contributed by atoms with van der Waals surface area (Å²) in [6.45, 7) is 1.98. The van der Waals surface area contributed by atoms with Crippen LogP contribution in [0.25, 0.3) is 5.65 Å². The van der Waals surface area contributed by atoms with Crippen LogP contribution in [0.15, 0.2) is 42.7 Å². The van der Waals surface area contributed by atoms with Crippen LogP contribution in [0.4, 0.5) is 5.69 Å². The Bertz CT molecular complexity index is 860. The molecular weight excluding hydrogens is 413 g/mol.